The van der Waals surface area contributed by atoms with Gasteiger partial charge < -0.3 is 27.0 Å². The van der Waals surface area contributed by atoms with Crippen molar-refractivity contribution in [1.82, 2.24) is 10.6 Å². The minimum atomic E-state index is -1.20. The zero-order chi connectivity index (χ0) is 27.2. The van der Waals surface area contributed by atoms with Crippen LogP contribution in [0, 0.1) is 4.91 Å². The molecule has 0 heterocycles. The molecule has 15 heteroatoms. The van der Waals surface area contributed by atoms with Crippen molar-refractivity contribution >= 4 is 79.3 Å². The number of nitrogens with two attached hydrogens (primary N) is 1. The van der Waals surface area contributed by atoms with Crippen LogP contribution in [0.3, 0.4) is 0 Å². The van der Waals surface area contributed by atoms with Crippen molar-refractivity contribution in [3.05, 3.63) is 29.2 Å². The molecule has 0 aliphatic heterocycles. The summed E-state index contributed by atoms with van der Waals surface area (Å²) in [4.78, 5) is 68.2. The molecule has 0 fully saturated rings. The van der Waals surface area contributed by atoms with E-state index in [0.29, 0.717) is 12.1 Å². The smallest absolute Gasteiger partial charge is 0.247 e. The Labute approximate surface area is 220 Å². The molecule has 0 aliphatic rings. The number of nitroso groups, excluding NO2 is 1. The number of rotatable bonds is 13. The van der Waals surface area contributed by atoms with Crippen molar-refractivity contribution in [3.8, 4) is 0 Å². The van der Waals surface area contributed by atoms with Crippen molar-refractivity contribution in [2.75, 3.05) is 34.9 Å². The number of amides is 5. The second kappa shape index (κ2) is 21.7. The Bertz CT molecular complexity index is 830. The minimum absolute atomic E-state index is 0.0180. The van der Waals surface area contributed by atoms with Crippen LogP contribution in [0.1, 0.15) is 19.8 Å². The van der Waals surface area contributed by atoms with Crippen molar-refractivity contribution in [2.45, 2.75) is 31.8 Å². The first-order valence-corrected chi connectivity index (χ1v) is 12.3. The van der Waals surface area contributed by atoms with Crippen LogP contribution < -0.4 is 27.0 Å². The van der Waals surface area contributed by atoms with Gasteiger partial charge in [0, 0.05) is 11.4 Å². The van der Waals surface area contributed by atoms with E-state index in [4.69, 9.17) is 5.73 Å². The third-order valence-electron chi connectivity index (χ3n) is 3.69. The number of carbonyl (C=O) groups excluding carboxylic acids is 5. The van der Waals surface area contributed by atoms with Gasteiger partial charge in [0.15, 0.2) is 0 Å². The molecule has 0 spiro atoms. The molecule has 0 aliphatic carbocycles. The number of primary amides is 1. The van der Waals surface area contributed by atoms with Gasteiger partial charge in [0.25, 0.3) is 0 Å². The molecule has 35 heavy (non-hydrogen) atoms. The van der Waals surface area contributed by atoms with Crippen molar-refractivity contribution in [2.24, 2.45) is 10.9 Å². The van der Waals surface area contributed by atoms with Crippen LogP contribution in [0.5, 0.6) is 0 Å². The molecular weight excluding hydrogens is 516 g/mol. The summed E-state index contributed by atoms with van der Waals surface area (Å²) in [5.41, 5.74) is 5.67. The van der Waals surface area contributed by atoms with Crippen LogP contribution in [0.2, 0.25) is 0 Å². The largest absolute Gasteiger partial charge is 0.370 e. The lowest BCUT2D eigenvalue weighted by Crippen LogP contribution is -2.46. The molecule has 0 aromatic heterocycles. The molecule has 1 aromatic carbocycles. The number of hydrogen-bond acceptors (Lipinski definition) is 10. The van der Waals surface area contributed by atoms with E-state index in [0.717, 1.165) is 5.75 Å². The second-order valence-electron chi connectivity index (χ2n) is 6.30. The molecule has 12 nitrogen and oxygen atoms in total. The molecule has 2 atom stereocenters. The van der Waals surface area contributed by atoms with Gasteiger partial charge in [0.1, 0.15) is 12.1 Å². The molecule has 0 bridgehead atoms. The maximum absolute atomic E-state index is 12.4. The first-order chi connectivity index (χ1) is 16.7. The Morgan fingerprint density at radius 1 is 1.06 bits per heavy atom. The van der Waals surface area contributed by atoms with E-state index in [2.05, 4.69) is 64.3 Å². The van der Waals surface area contributed by atoms with Crippen LogP contribution >= 0.6 is 37.9 Å². The lowest BCUT2D eigenvalue weighted by molar-refractivity contribution is -0.127. The van der Waals surface area contributed by atoms with E-state index in [1.54, 1.807) is 6.26 Å². The molecule has 1 unspecified atom stereocenters. The molecule has 6 N–H and O–H groups in total. The monoisotopic (exact) mass is 548 g/mol. The SMILES string of the molecule is CCS.CS.NC(=O)CC(NC(=O)CS)C(=O)Nc1cccc(NC(=O)[C@H](CCN=O)NC=O)c1. The van der Waals surface area contributed by atoms with Gasteiger partial charge in [-0.1, -0.05) is 18.2 Å². The molecule has 1 aromatic rings. The van der Waals surface area contributed by atoms with Gasteiger partial charge >= 0.3 is 0 Å². The minimum Gasteiger partial charge on any atom is -0.370 e. The van der Waals surface area contributed by atoms with Crippen molar-refractivity contribution in [1.29, 1.82) is 0 Å². The van der Waals surface area contributed by atoms with Gasteiger partial charge in [-0.05, 0) is 36.6 Å². The predicted molar refractivity (Wildman–Crippen MR) is 146 cm³/mol. The summed E-state index contributed by atoms with van der Waals surface area (Å²) in [6.45, 7) is 1.83. The summed E-state index contributed by atoms with van der Waals surface area (Å²) in [6.07, 6.45) is 1.64. The fourth-order valence-corrected chi connectivity index (χ4v) is 2.43. The molecule has 196 valence electrons. The number of carbonyl (C=O) groups is 5. The lowest BCUT2D eigenvalue weighted by Gasteiger charge is -2.18. The van der Waals surface area contributed by atoms with Gasteiger partial charge in [0.05, 0.1) is 18.7 Å². The van der Waals surface area contributed by atoms with Crippen molar-refractivity contribution in [3.63, 3.8) is 0 Å². The van der Waals surface area contributed by atoms with Gasteiger partial charge in [0.2, 0.25) is 30.0 Å². The Hall–Kier alpha value is -2.78. The van der Waals surface area contributed by atoms with Crippen LogP contribution in [-0.2, 0) is 24.0 Å². The van der Waals surface area contributed by atoms with Gasteiger partial charge in [-0.2, -0.15) is 42.8 Å². The van der Waals surface area contributed by atoms with Crippen LogP contribution in [-0.4, -0.2) is 66.4 Å². The van der Waals surface area contributed by atoms with Crippen molar-refractivity contribution < 1.29 is 24.0 Å². The first-order valence-electron chi connectivity index (χ1n) is 10.2. The molecule has 0 saturated heterocycles. The van der Waals surface area contributed by atoms with Crippen LogP contribution in [0.25, 0.3) is 0 Å². The van der Waals surface area contributed by atoms with Crippen LogP contribution in [0.4, 0.5) is 11.4 Å². The number of nitrogens with zero attached hydrogens (tertiary/aromatic N) is 1. The predicted octanol–water partition coefficient (Wildman–Crippen LogP) is 0.607. The third-order valence-corrected chi connectivity index (χ3v) is 3.98. The number of hydrogen-bond donors (Lipinski definition) is 8. The molecule has 0 saturated carbocycles. The summed E-state index contributed by atoms with van der Waals surface area (Å²) >= 11 is 11.1. The fraction of sp³-hybridized carbons (Fsp3) is 0.450. The average molecular weight is 549 g/mol. The quantitative estimate of drug-likeness (QED) is 0.101. The van der Waals surface area contributed by atoms with E-state index in [1.807, 2.05) is 6.92 Å². The van der Waals surface area contributed by atoms with Gasteiger partial charge in [-0.3, -0.25) is 24.0 Å². The van der Waals surface area contributed by atoms with Gasteiger partial charge in [-0.25, -0.2) is 0 Å². The normalized spacial score (nSPS) is 11.0. The van der Waals surface area contributed by atoms with E-state index in [1.165, 1.54) is 24.3 Å². The number of thiol groups is 3. The van der Waals surface area contributed by atoms with Crippen LogP contribution in [0.15, 0.2) is 29.4 Å². The highest BCUT2D eigenvalue weighted by Gasteiger charge is 2.23. The summed E-state index contributed by atoms with van der Waals surface area (Å²) < 4.78 is 0. The Kier molecular flexibility index (Phi) is 21.4. The van der Waals surface area contributed by atoms with E-state index in [-0.39, 0.29) is 24.4 Å². The highest BCUT2D eigenvalue weighted by Crippen LogP contribution is 2.16. The fourth-order valence-electron chi connectivity index (χ4n) is 2.34. The number of anilines is 2. The Morgan fingerprint density at radius 2 is 1.57 bits per heavy atom. The first kappa shape index (κ1) is 34.4. The molecule has 0 radical (unpaired) electrons. The maximum atomic E-state index is 12.4. The average Bonchev–Trinajstić information content (AvgIpc) is 2.82. The highest BCUT2D eigenvalue weighted by atomic mass is 32.1. The Morgan fingerprint density at radius 3 is 2.00 bits per heavy atom. The second-order valence-corrected chi connectivity index (χ2v) is 7.25. The Balaban J connectivity index is 0. The maximum Gasteiger partial charge on any atom is 0.247 e. The molecule has 5 amide bonds. The molecular formula is C20H32N6O6S3. The zero-order valence-corrected chi connectivity index (χ0v) is 22.1. The number of nitrogens with one attached hydrogen (secondary N) is 4. The summed E-state index contributed by atoms with van der Waals surface area (Å²) in [5, 5.41) is 12.3. The third kappa shape index (κ3) is 16.5. The highest BCUT2D eigenvalue weighted by molar-refractivity contribution is 7.81. The molecule has 1 rings (SSSR count). The van der Waals surface area contributed by atoms with Gasteiger partial charge in [-0.15, -0.1) is 0 Å². The summed E-state index contributed by atoms with van der Waals surface area (Å²) in [5.74, 6) is -1.85. The van der Waals surface area contributed by atoms with E-state index >= 15 is 0 Å². The summed E-state index contributed by atoms with van der Waals surface area (Å²) in [6, 6.07) is 3.86. The lowest BCUT2D eigenvalue weighted by atomic mass is 10.1. The standard InChI is InChI=1S/C17H22N6O6S.C2H6S.CH4S/c18-14(25)7-13(23-15(26)8-30)17(28)22-11-3-1-2-10(6-11)21-16(27)12(19-9-24)4-5-20-29;1-2-3;1-2/h1-3,6,9,12-13,30H,4-5,7-8H2,(H2,18,25)(H,19,24)(H,21,27)(H,22,28)(H,23,26);3H,2H2,1H3;2H,1H3/t12-,13?;;/m0../s1. The zero-order valence-electron chi connectivity index (χ0n) is 19.4. The van der Waals surface area contributed by atoms with E-state index in [9.17, 15) is 28.9 Å². The number of benzene rings is 1. The summed E-state index contributed by atoms with van der Waals surface area (Å²) in [7, 11) is 0. The topological polar surface area (TPSA) is 189 Å². The van der Waals surface area contributed by atoms with E-state index < -0.39 is 42.1 Å².